The van der Waals surface area contributed by atoms with E-state index in [1.54, 1.807) is 0 Å². The molecule has 0 rings (SSSR count). The molecule has 0 unspecified atom stereocenters. The van der Waals surface area contributed by atoms with E-state index < -0.39 is 28.8 Å². The highest BCUT2D eigenvalue weighted by atomic mass is 28.4. The van der Waals surface area contributed by atoms with Crippen LogP contribution in [0.25, 0.3) is 0 Å². The molecule has 0 aromatic rings. The summed E-state index contributed by atoms with van der Waals surface area (Å²) in [7, 11) is -4.25. The van der Waals surface area contributed by atoms with Crippen molar-refractivity contribution in [3.8, 4) is 12.1 Å². The van der Waals surface area contributed by atoms with Crippen LogP contribution >= 0.6 is 0 Å². The fourth-order valence-corrected chi connectivity index (χ4v) is 3.63. The fourth-order valence-electron chi connectivity index (χ4n) is 1.30. The number of nitrogens with zero attached hydrogens (tertiary/aromatic N) is 2. The van der Waals surface area contributed by atoms with Gasteiger partial charge in [0, 0.05) is 0 Å². The smallest absolute Gasteiger partial charge is 0.194 e. The van der Waals surface area contributed by atoms with Gasteiger partial charge in [0.15, 0.2) is 28.8 Å². The van der Waals surface area contributed by atoms with Crippen molar-refractivity contribution < 1.29 is 8.85 Å². The molecule has 0 bridgehead atoms. The lowest BCUT2D eigenvalue weighted by Gasteiger charge is -2.41. The molecule has 0 aliphatic heterocycles. The van der Waals surface area contributed by atoms with Crippen LogP contribution < -0.4 is 0 Å². The van der Waals surface area contributed by atoms with Crippen molar-refractivity contribution in [2.24, 2.45) is 0 Å². The van der Waals surface area contributed by atoms with Crippen molar-refractivity contribution in [3.63, 3.8) is 0 Å². The van der Waals surface area contributed by atoms with E-state index in [0.29, 0.717) is 0 Å². The maximum absolute atomic E-state index is 9.49. The Kier molecular flexibility index (Phi) is 6.63. The van der Waals surface area contributed by atoms with Gasteiger partial charge in [-0.15, -0.1) is 0 Å². The summed E-state index contributed by atoms with van der Waals surface area (Å²) in [6.45, 7) is 21.0. The third kappa shape index (κ3) is 5.21. The minimum atomic E-state index is -2.13. The summed E-state index contributed by atoms with van der Waals surface area (Å²) in [5.74, 6) is 0. The first-order valence-corrected chi connectivity index (χ1v) is 13.6. The summed E-state index contributed by atoms with van der Waals surface area (Å²) in [6.07, 6.45) is -1.67. The lowest BCUT2D eigenvalue weighted by atomic mass is 10.2. The molecule has 0 radical (unpaired) electrons. The third-order valence-corrected chi connectivity index (χ3v) is 13.9. The van der Waals surface area contributed by atoms with Crippen LogP contribution in [-0.2, 0) is 8.85 Å². The summed E-state index contributed by atoms with van der Waals surface area (Å²) in [4.78, 5) is 0. The number of hydrogen-bond acceptors (Lipinski definition) is 4. The zero-order chi connectivity index (χ0) is 18.0. The molecule has 0 aliphatic carbocycles. The van der Waals surface area contributed by atoms with Gasteiger partial charge in [-0.25, -0.2) is 0 Å². The zero-order valence-corrected chi connectivity index (χ0v) is 17.9. The normalized spacial score (nSPS) is 16.5. The number of nitriles is 2. The molecule has 0 saturated carbocycles. The molecule has 126 valence electrons. The highest BCUT2D eigenvalue weighted by Crippen LogP contribution is 2.40. The van der Waals surface area contributed by atoms with Gasteiger partial charge >= 0.3 is 0 Å². The van der Waals surface area contributed by atoms with Crippen LogP contribution in [0.1, 0.15) is 41.5 Å². The predicted octanol–water partition coefficient (Wildman–Crippen LogP) is 4.81. The summed E-state index contributed by atoms with van der Waals surface area (Å²) < 4.78 is 12.2. The minimum absolute atomic E-state index is 0.0148. The maximum atomic E-state index is 9.49. The molecule has 0 fully saturated rings. The monoisotopic (exact) mass is 340 g/mol. The second-order valence-electron chi connectivity index (χ2n) is 8.86. The van der Waals surface area contributed by atoms with E-state index in [2.05, 4.69) is 79.9 Å². The summed E-state index contributed by atoms with van der Waals surface area (Å²) in [6, 6.07) is 4.29. The van der Waals surface area contributed by atoms with Crippen molar-refractivity contribution in [1.29, 1.82) is 10.5 Å². The van der Waals surface area contributed by atoms with E-state index in [4.69, 9.17) is 8.85 Å². The van der Waals surface area contributed by atoms with Crippen LogP contribution in [0.3, 0.4) is 0 Å². The molecule has 2 atom stereocenters. The van der Waals surface area contributed by atoms with Crippen molar-refractivity contribution >= 4 is 16.6 Å². The second kappa shape index (κ2) is 6.84. The Morgan fingerprint density at radius 2 is 0.909 bits per heavy atom. The number of rotatable bonds is 5. The molecule has 0 saturated heterocycles. The van der Waals surface area contributed by atoms with Crippen molar-refractivity contribution in [2.75, 3.05) is 0 Å². The molecule has 0 N–H and O–H groups in total. The first kappa shape index (κ1) is 21.3. The molecule has 0 heterocycles. The van der Waals surface area contributed by atoms with Gasteiger partial charge in [0.2, 0.25) is 0 Å². The van der Waals surface area contributed by atoms with Crippen molar-refractivity contribution in [2.45, 2.75) is 90.0 Å². The van der Waals surface area contributed by atoms with E-state index in [0.717, 1.165) is 0 Å². The molecule has 0 amide bonds. The molecule has 0 spiro atoms. The largest absolute Gasteiger partial charge is 0.399 e. The Hall–Kier alpha value is -0.666. The van der Waals surface area contributed by atoms with Crippen LogP contribution in [0.15, 0.2) is 0 Å². The minimum Gasteiger partial charge on any atom is -0.399 e. The first-order chi connectivity index (χ1) is 9.59. The lowest BCUT2D eigenvalue weighted by Crippen LogP contribution is -2.51. The molecule has 0 aromatic heterocycles. The first-order valence-electron chi connectivity index (χ1n) is 7.74. The molecule has 22 heavy (non-hydrogen) atoms. The second-order valence-corrected chi connectivity index (χ2v) is 18.4. The van der Waals surface area contributed by atoms with Crippen molar-refractivity contribution in [3.05, 3.63) is 0 Å². The molecule has 0 aromatic carbocycles. The fraction of sp³-hybridized carbons (Fsp3) is 0.875. The predicted molar refractivity (Wildman–Crippen MR) is 95.4 cm³/mol. The standard InChI is InChI=1S/C16H32N2O2Si2/c1-15(2,3)21(7,8)19-13(11-17)14(12-18)20-22(9,10)16(4,5)6/h13-14H,1-10H3/t13-,14-/m1/s1. The van der Waals surface area contributed by atoms with Crippen LogP contribution in [-0.4, -0.2) is 28.8 Å². The van der Waals surface area contributed by atoms with E-state index in [1.807, 2.05) is 0 Å². The van der Waals surface area contributed by atoms with Crippen LogP contribution in [0, 0.1) is 22.7 Å². The van der Waals surface area contributed by atoms with Crippen LogP contribution in [0.2, 0.25) is 36.3 Å². The highest BCUT2D eigenvalue weighted by Gasteiger charge is 2.45. The quantitative estimate of drug-likeness (QED) is 0.673. The Bertz CT molecular complexity index is 418. The lowest BCUT2D eigenvalue weighted by molar-refractivity contribution is 0.103. The summed E-state index contributed by atoms with van der Waals surface area (Å²) in [5, 5.41) is 18.9. The highest BCUT2D eigenvalue weighted by molar-refractivity contribution is 6.74. The van der Waals surface area contributed by atoms with E-state index in [-0.39, 0.29) is 10.1 Å². The number of hydrogen-bond donors (Lipinski definition) is 0. The Balaban J connectivity index is 5.32. The zero-order valence-electron chi connectivity index (χ0n) is 15.9. The van der Waals surface area contributed by atoms with Crippen molar-refractivity contribution in [1.82, 2.24) is 0 Å². The van der Waals surface area contributed by atoms with Gasteiger partial charge in [-0.2, -0.15) is 10.5 Å². The topological polar surface area (TPSA) is 66.0 Å². The average Bonchev–Trinajstić information content (AvgIpc) is 2.30. The van der Waals surface area contributed by atoms with Crippen LogP contribution in [0.5, 0.6) is 0 Å². The van der Waals surface area contributed by atoms with E-state index >= 15 is 0 Å². The van der Waals surface area contributed by atoms with E-state index in [1.165, 1.54) is 0 Å². The molecule has 4 nitrogen and oxygen atoms in total. The Morgan fingerprint density at radius 3 is 1.05 bits per heavy atom. The summed E-state index contributed by atoms with van der Waals surface area (Å²) in [5.41, 5.74) is 0. The van der Waals surface area contributed by atoms with Gasteiger partial charge in [0.05, 0.1) is 12.1 Å². The van der Waals surface area contributed by atoms with Crippen LogP contribution in [0.4, 0.5) is 0 Å². The Morgan fingerprint density at radius 1 is 0.682 bits per heavy atom. The molecule has 0 aliphatic rings. The third-order valence-electron chi connectivity index (χ3n) is 4.99. The summed E-state index contributed by atoms with van der Waals surface area (Å²) >= 11 is 0. The maximum Gasteiger partial charge on any atom is 0.194 e. The van der Waals surface area contributed by atoms with Gasteiger partial charge < -0.3 is 8.85 Å². The van der Waals surface area contributed by atoms with Gasteiger partial charge in [0.1, 0.15) is 0 Å². The average molecular weight is 341 g/mol. The van der Waals surface area contributed by atoms with E-state index in [9.17, 15) is 10.5 Å². The van der Waals surface area contributed by atoms with Gasteiger partial charge in [-0.05, 0) is 36.3 Å². The SMILES string of the molecule is CC(C)(C)[Si](C)(C)O[C@H](C#N)[C@@H](C#N)O[Si](C)(C)C(C)(C)C. The van der Waals surface area contributed by atoms with Gasteiger partial charge in [-0.1, -0.05) is 41.5 Å². The van der Waals surface area contributed by atoms with Gasteiger partial charge in [-0.3, -0.25) is 0 Å². The van der Waals surface area contributed by atoms with Gasteiger partial charge in [0.25, 0.3) is 0 Å². The molecular weight excluding hydrogens is 308 g/mol. The Labute approximate surface area is 138 Å². The molecule has 6 heteroatoms. The molecular formula is C16H32N2O2Si2.